The van der Waals surface area contributed by atoms with Gasteiger partial charge in [-0.1, -0.05) is 29.8 Å². The number of anilines is 1. The third kappa shape index (κ3) is 4.07. The van der Waals surface area contributed by atoms with E-state index in [4.69, 9.17) is 11.6 Å². The molecule has 0 radical (unpaired) electrons. The molecule has 0 aliphatic carbocycles. The number of carbonyl (C=O) groups is 3. The number of hydrogen-bond donors (Lipinski definition) is 2. The van der Waals surface area contributed by atoms with Crippen LogP contribution in [0.2, 0.25) is 5.02 Å². The molecule has 0 atom stereocenters. The van der Waals surface area contributed by atoms with E-state index in [0.717, 1.165) is 4.90 Å². The number of aromatic hydroxyl groups is 1. The van der Waals surface area contributed by atoms with Crippen molar-refractivity contribution in [3.63, 3.8) is 0 Å². The van der Waals surface area contributed by atoms with Crippen molar-refractivity contribution in [2.24, 2.45) is 0 Å². The van der Waals surface area contributed by atoms with E-state index in [1.165, 1.54) is 24.3 Å². The Balaban J connectivity index is 1.73. The lowest BCUT2D eigenvalue weighted by Gasteiger charge is -2.12. The molecule has 6 nitrogen and oxygen atoms in total. The number of para-hydroxylation sites is 1. The van der Waals surface area contributed by atoms with Gasteiger partial charge in [-0.25, -0.2) is 0 Å². The van der Waals surface area contributed by atoms with Gasteiger partial charge in [0.25, 0.3) is 11.1 Å². The van der Waals surface area contributed by atoms with Crippen molar-refractivity contribution in [3.05, 3.63) is 64.0 Å². The zero-order chi connectivity index (χ0) is 18.7. The predicted molar refractivity (Wildman–Crippen MR) is 101 cm³/mol. The molecule has 1 heterocycles. The van der Waals surface area contributed by atoms with E-state index in [9.17, 15) is 19.5 Å². The number of hydrogen-bond acceptors (Lipinski definition) is 5. The van der Waals surface area contributed by atoms with Gasteiger partial charge in [-0.3, -0.25) is 19.3 Å². The number of phenols is 1. The summed E-state index contributed by atoms with van der Waals surface area (Å²) in [5, 5.41) is 12.3. The predicted octanol–water partition coefficient (Wildman–Crippen LogP) is 3.72. The topological polar surface area (TPSA) is 86.7 Å². The Morgan fingerprint density at radius 2 is 1.92 bits per heavy atom. The van der Waals surface area contributed by atoms with E-state index < -0.39 is 23.6 Å². The summed E-state index contributed by atoms with van der Waals surface area (Å²) >= 11 is 6.58. The van der Waals surface area contributed by atoms with Crippen molar-refractivity contribution in [2.45, 2.75) is 0 Å². The van der Waals surface area contributed by atoms with E-state index in [1.807, 2.05) is 6.07 Å². The number of phenolic OH excluding ortho intramolecular Hbond substituents is 1. The average molecular weight is 389 g/mol. The minimum atomic E-state index is -0.595. The maximum Gasteiger partial charge on any atom is 0.294 e. The molecule has 0 spiro atoms. The number of rotatable bonds is 4. The van der Waals surface area contributed by atoms with Crippen LogP contribution < -0.4 is 5.32 Å². The molecule has 0 bridgehead atoms. The molecule has 26 heavy (non-hydrogen) atoms. The van der Waals surface area contributed by atoms with Crippen LogP contribution >= 0.6 is 23.4 Å². The van der Waals surface area contributed by atoms with Gasteiger partial charge in [-0.15, -0.1) is 0 Å². The van der Waals surface area contributed by atoms with Crippen LogP contribution in [0.5, 0.6) is 5.75 Å². The molecule has 0 aromatic heterocycles. The number of carbonyl (C=O) groups excluding carboxylic acids is 3. The smallest absolute Gasteiger partial charge is 0.294 e. The van der Waals surface area contributed by atoms with Crippen LogP contribution in [0.25, 0.3) is 6.08 Å². The fourth-order valence-electron chi connectivity index (χ4n) is 2.28. The molecule has 2 aromatic carbocycles. The summed E-state index contributed by atoms with van der Waals surface area (Å²) in [5.74, 6) is -1.14. The van der Waals surface area contributed by atoms with Gasteiger partial charge < -0.3 is 10.4 Å². The minimum Gasteiger partial charge on any atom is -0.507 e. The summed E-state index contributed by atoms with van der Waals surface area (Å²) in [5.41, 5.74) is 0.889. The molecule has 8 heteroatoms. The average Bonchev–Trinajstić information content (AvgIpc) is 2.86. The molecule has 1 saturated heterocycles. The lowest BCUT2D eigenvalue weighted by atomic mass is 10.2. The summed E-state index contributed by atoms with van der Waals surface area (Å²) in [7, 11) is 0. The van der Waals surface area contributed by atoms with Crippen LogP contribution in [0.1, 0.15) is 5.56 Å². The first-order chi connectivity index (χ1) is 12.4. The molecule has 1 aliphatic heterocycles. The van der Waals surface area contributed by atoms with E-state index >= 15 is 0 Å². The van der Waals surface area contributed by atoms with Crippen LogP contribution in [0.3, 0.4) is 0 Å². The fraction of sp³-hybridized carbons (Fsp3) is 0.0556. The summed E-state index contributed by atoms with van der Waals surface area (Å²) in [6.45, 7) is -0.390. The van der Waals surface area contributed by atoms with Crippen molar-refractivity contribution in [1.29, 1.82) is 0 Å². The van der Waals surface area contributed by atoms with Gasteiger partial charge in [0.15, 0.2) is 0 Å². The Bertz CT molecular complexity index is 915. The standard InChI is InChI=1S/C18H13ClN2O4S/c19-12-6-7-14(22)11(8-12)9-15-17(24)21(18(25)26-15)10-16(23)20-13-4-2-1-3-5-13/h1-9,22H,10H2,(H,20,23)/b15-9-. The first-order valence-electron chi connectivity index (χ1n) is 7.53. The molecule has 1 fully saturated rings. The zero-order valence-corrected chi connectivity index (χ0v) is 14.9. The number of amides is 3. The van der Waals surface area contributed by atoms with E-state index in [0.29, 0.717) is 28.0 Å². The Morgan fingerprint density at radius 1 is 1.19 bits per heavy atom. The Hall–Kier alpha value is -2.77. The molecular formula is C18H13ClN2O4S. The monoisotopic (exact) mass is 388 g/mol. The molecule has 2 aromatic rings. The van der Waals surface area contributed by atoms with Crippen molar-refractivity contribution in [2.75, 3.05) is 11.9 Å². The van der Waals surface area contributed by atoms with Gasteiger partial charge in [0.05, 0.1) is 4.91 Å². The third-order valence-electron chi connectivity index (χ3n) is 3.51. The molecule has 0 saturated carbocycles. The van der Waals surface area contributed by atoms with Crippen molar-refractivity contribution < 1.29 is 19.5 Å². The largest absolute Gasteiger partial charge is 0.507 e. The molecule has 1 aliphatic rings. The van der Waals surface area contributed by atoms with Gasteiger partial charge >= 0.3 is 0 Å². The molecule has 0 unspecified atom stereocenters. The van der Waals surface area contributed by atoms with Crippen LogP contribution in [-0.4, -0.2) is 33.6 Å². The molecular weight excluding hydrogens is 376 g/mol. The number of nitrogens with one attached hydrogen (secondary N) is 1. The number of benzene rings is 2. The minimum absolute atomic E-state index is 0.0666. The van der Waals surface area contributed by atoms with Crippen LogP contribution in [0.15, 0.2) is 53.4 Å². The van der Waals surface area contributed by atoms with Gasteiger partial charge in [-0.05, 0) is 48.2 Å². The number of thioether (sulfide) groups is 1. The highest BCUT2D eigenvalue weighted by Gasteiger charge is 2.36. The quantitative estimate of drug-likeness (QED) is 0.779. The Labute approximate surface area is 158 Å². The van der Waals surface area contributed by atoms with Crippen LogP contribution in [0.4, 0.5) is 10.5 Å². The Kier molecular flexibility index (Phi) is 5.29. The number of nitrogens with zero attached hydrogens (tertiary/aromatic N) is 1. The van der Waals surface area contributed by atoms with Crippen molar-refractivity contribution in [3.8, 4) is 5.75 Å². The van der Waals surface area contributed by atoms with Crippen LogP contribution in [-0.2, 0) is 9.59 Å². The maximum absolute atomic E-state index is 12.4. The highest BCUT2D eigenvalue weighted by Crippen LogP contribution is 2.34. The van der Waals surface area contributed by atoms with Crippen molar-refractivity contribution in [1.82, 2.24) is 4.90 Å². The maximum atomic E-state index is 12.4. The van der Waals surface area contributed by atoms with E-state index in [1.54, 1.807) is 24.3 Å². The first kappa shape index (κ1) is 18.0. The fourth-order valence-corrected chi connectivity index (χ4v) is 3.29. The van der Waals surface area contributed by atoms with Gasteiger partial charge in [-0.2, -0.15) is 0 Å². The highest BCUT2D eigenvalue weighted by molar-refractivity contribution is 8.18. The SMILES string of the molecule is O=C(CN1C(=O)S/C(=C\c2cc(Cl)ccc2O)C1=O)Nc1ccccc1. The van der Waals surface area contributed by atoms with Gasteiger partial charge in [0.1, 0.15) is 12.3 Å². The molecule has 2 N–H and O–H groups in total. The Morgan fingerprint density at radius 3 is 2.65 bits per heavy atom. The lowest BCUT2D eigenvalue weighted by Crippen LogP contribution is -2.36. The number of imide groups is 1. The second-order valence-corrected chi connectivity index (χ2v) is 6.81. The summed E-state index contributed by atoms with van der Waals surface area (Å²) < 4.78 is 0. The summed E-state index contributed by atoms with van der Waals surface area (Å²) in [4.78, 5) is 37.6. The summed E-state index contributed by atoms with van der Waals surface area (Å²) in [6, 6.07) is 13.1. The molecule has 132 valence electrons. The third-order valence-corrected chi connectivity index (χ3v) is 4.65. The highest BCUT2D eigenvalue weighted by atomic mass is 35.5. The number of halogens is 1. The van der Waals surface area contributed by atoms with E-state index in [2.05, 4.69) is 5.32 Å². The van der Waals surface area contributed by atoms with Gasteiger partial charge in [0, 0.05) is 16.3 Å². The van der Waals surface area contributed by atoms with Crippen molar-refractivity contribution >= 4 is 52.2 Å². The zero-order valence-electron chi connectivity index (χ0n) is 13.3. The summed E-state index contributed by atoms with van der Waals surface area (Å²) in [6.07, 6.45) is 1.38. The first-order valence-corrected chi connectivity index (χ1v) is 8.72. The normalized spacial score (nSPS) is 15.6. The second kappa shape index (κ2) is 7.63. The van der Waals surface area contributed by atoms with Crippen LogP contribution in [0, 0.1) is 0 Å². The molecule has 3 amide bonds. The van der Waals surface area contributed by atoms with E-state index in [-0.39, 0.29) is 10.7 Å². The lowest BCUT2D eigenvalue weighted by molar-refractivity contribution is -0.127. The second-order valence-electron chi connectivity index (χ2n) is 5.39. The van der Waals surface area contributed by atoms with Gasteiger partial charge in [0.2, 0.25) is 5.91 Å². The molecule has 3 rings (SSSR count).